The Morgan fingerprint density at radius 2 is 1.84 bits per heavy atom. The van der Waals surface area contributed by atoms with Crippen LogP contribution in [0.1, 0.15) is 63.0 Å². The number of nitrogens with zero attached hydrogens (tertiary/aromatic N) is 3. The van der Waals surface area contributed by atoms with E-state index < -0.39 is 0 Å². The summed E-state index contributed by atoms with van der Waals surface area (Å²) in [4.78, 5) is 28.0. The molecule has 3 aromatic rings. The third kappa shape index (κ3) is 3.98. The van der Waals surface area contributed by atoms with Gasteiger partial charge in [0.1, 0.15) is 5.69 Å². The molecule has 2 heterocycles. The number of amides is 2. The first-order chi connectivity index (χ1) is 15.2. The first-order valence-electron chi connectivity index (χ1n) is 11.0. The third-order valence-corrected chi connectivity index (χ3v) is 6.21. The maximum absolute atomic E-state index is 13.2. The molecule has 158 valence electrons. The molecule has 0 spiro atoms. The summed E-state index contributed by atoms with van der Waals surface area (Å²) in [5.41, 5.74) is 4.38. The van der Waals surface area contributed by atoms with E-state index in [1.165, 1.54) is 11.1 Å². The summed E-state index contributed by atoms with van der Waals surface area (Å²) >= 11 is 0. The minimum absolute atomic E-state index is 0.00997. The van der Waals surface area contributed by atoms with Crippen molar-refractivity contribution in [2.45, 2.75) is 44.8 Å². The predicted octanol–water partition coefficient (Wildman–Crippen LogP) is 3.74. The summed E-state index contributed by atoms with van der Waals surface area (Å²) in [5, 5.41) is 7.62. The van der Waals surface area contributed by atoms with Crippen molar-refractivity contribution < 1.29 is 9.59 Å². The molecular formula is C25H26N4O2. The maximum atomic E-state index is 13.2. The second kappa shape index (κ2) is 8.38. The van der Waals surface area contributed by atoms with Gasteiger partial charge >= 0.3 is 0 Å². The van der Waals surface area contributed by atoms with Gasteiger partial charge in [-0.1, -0.05) is 54.6 Å². The summed E-state index contributed by atoms with van der Waals surface area (Å²) in [6, 6.07) is 19.9. The molecule has 0 radical (unpaired) electrons. The number of rotatable bonds is 4. The van der Waals surface area contributed by atoms with Crippen molar-refractivity contribution in [2.75, 3.05) is 6.54 Å². The van der Waals surface area contributed by atoms with Gasteiger partial charge < -0.3 is 10.2 Å². The van der Waals surface area contributed by atoms with E-state index in [1.54, 1.807) is 10.7 Å². The Labute approximate surface area is 181 Å². The molecule has 0 fully saturated rings. The number of hydrogen-bond donors (Lipinski definition) is 1. The zero-order chi connectivity index (χ0) is 21.2. The largest absolute Gasteiger partial charge is 0.344 e. The van der Waals surface area contributed by atoms with Gasteiger partial charge in [0.15, 0.2) is 5.69 Å². The molecule has 1 aliphatic carbocycles. The fourth-order valence-electron chi connectivity index (χ4n) is 4.64. The predicted molar refractivity (Wildman–Crippen MR) is 118 cm³/mol. The van der Waals surface area contributed by atoms with Crippen LogP contribution in [0.3, 0.4) is 0 Å². The minimum Gasteiger partial charge on any atom is -0.344 e. The quantitative estimate of drug-likeness (QED) is 0.707. The van der Waals surface area contributed by atoms with Gasteiger partial charge in [-0.05, 0) is 42.4 Å². The summed E-state index contributed by atoms with van der Waals surface area (Å²) in [7, 11) is 0. The average molecular weight is 415 g/mol. The van der Waals surface area contributed by atoms with Crippen molar-refractivity contribution in [2.24, 2.45) is 0 Å². The fourth-order valence-corrected chi connectivity index (χ4v) is 4.64. The molecule has 1 N–H and O–H groups in total. The highest BCUT2D eigenvalue weighted by Crippen LogP contribution is 2.29. The Hall–Kier alpha value is -3.41. The van der Waals surface area contributed by atoms with Gasteiger partial charge in [-0.2, -0.15) is 5.10 Å². The van der Waals surface area contributed by atoms with Crippen LogP contribution >= 0.6 is 0 Å². The molecule has 1 aromatic heterocycles. The smallest absolute Gasteiger partial charge is 0.272 e. The topological polar surface area (TPSA) is 67.2 Å². The van der Waals surface area contributed by atoms with Gasteiger partial charge in [-0.15, -0.1) is 0 Å². The average Bonchev–Trinajstić information content (AvgIpc) is 3.17. The molecule has 1 atom stereocenters. The standard InChI is InChI=1S/C25H26N4O2/c30-24(26-21-13-6-11-19-10-4-5-12-20(19)21)22-16-23-25(31)28(14-7-15-29(23)27-22)17-18-8-2-1-3-9-18/h1-5,8-10,12,16,21H,6-7,11,13-15,17H2,(H,26,30)/t21-/m0/s1. The van der Waals surface area contributed by atoms with Crippen LogP contribution in [-0.4, -0.2) is 33.0 Å². The highest BCUT2D eigenvalue weighted by atomic mass is 16.2. The van der Waals surface area contributed by atoms with Gasteiger partial charge in [0.2, 0.25) is 0 Å². The number of aromatic nitrogens is 2. The third-order valence-electron chi connectivity index (χ3n) is 6.21. The van der Waals surface area contributed by atoms with Crippen molar-refractivity contribution in [1.82, 2.24) is 20.0 Å². The van der Waals surface area contributed by atoms with Crippen LogP contribution in [0.5, 0.6) is 0 Å². The van der Waals surface area contributed by atoms with E-state index in [0.717, 1.165) is 31.2 Å². The second-order valence-corrected chi connectivity index (χ2v) is 8.32. The molecule has 0 unspecified atom stereocenters. The lowest BCUT2D eigenvalue weighted by molar-refractivity contribution is 0.0745. The lowest BCUT2D eigenvalue weighted by Crippen LogP contribution is -2.31. The van der Waals surface area contributed by atoms with Crippen molar-refractivity contribution in [3.63, 3.8) is 0 Å². The van der Waals surface area contributed by atoms with Crippen molar-refractivity contribution in [3.05, 3.63) is 88.7 Å². The molecule has 2 amide bonds. The van der Waals surface area contributed by atoms with E-state index >= 15 is 0 Å². The Kier molecular flexibility index (Phi) is 5.28. The van der Waals surface area contributed by atoms with Crippen LogP contribution in [0.2, 0.25) is 0 Å². The van der Waals surface area contributed by atoms with E-state index in [-0.39, 0.29) is 17.9 Å². The summed E-state index contributed by atoms with van der Waals surface area (Å²) in [6.07, 6.45) is 3.83. The SMILES string of the molecule is O=C(N[C@H]1CCCc2ccccc21)c1cc2n(n1)CCCN(Cc1ccccc1)C2=O. The number of benzene rings is 2. The molecule has 6 nitrogen and oxygen atoms in total. The molecule has 0 saturated carbocycles. The van der Waals surface area contributed by atoms with Crippen molar-refractivity contribution in [1.29, 1.82) is 0 Å². The molecule has 6 heteroatoms. The molecule has 5 rings (SSSR count). The zero-order valence-corrected chi connectivity index (χ0v) is 17.5. The van der Waals surface area contributed by atoms with Gasteiger partial charge in [-0.3, -0.25) is 14.3 Å². The molecule has 2 aliphatic rings. The summed E-state index contributed by atoms with van der Waals surface area (Å²) in [6.45, 7) is 1.87. The van der Waals surface area contributed by atoms with Crippen LogP contribution < -0.4 is 5.32 Å². The zero-order valence-electron chi connectivity index (χ0n) is 17.5. The number of carbonyl (C=O) groups is 2. The van der Waals surface area contributed by atoms with Crippen molar-refractivity contribution in [3.8, 4) is 0 Å². The van der Waals surface area contributed by atoms with Crippen LogP contribution in [0.4, 0.5) is 0 Å². The van der Waals surface area contributed by atoms with E-state index in [9.17, 15) is 9.59 Å². The number of hydrogen-bond acceptors (Lipinski definition) is 3. The van der Waals surface area contributed by atoms with Crippen LogP contribution in [0.15, 0.2) is 60.7 Å². The molecular weight excluding hydrogens is 388 g/mol. The lowest BCUT2D eigenvalue weighted by Gasteiger charge is -2.26. The Morgan fingerprint density at radius 3 is 2.71 bits per heavy atom. The van der Waals surface area contributed by atoms with Crippen LogP contribution in [0, 0.1) is 0 Å². The fraction of sp³-hybridized carbons (Fsp3) is 0.320. The highest BCUT2D eigenvalue weighted by molar-refractivity contribution is 5.98. The number of aryl methyl sites for hydroxylation is 2. The first kappa shape index (κ1) is 19.5. The van der Waals surface area contributed by atoms with Crippen LogP contribution in [-0.2, 0) is 19.5 Å². The normalized spacial score (nSPS) is 18.1. The van der Waals surface area contributed by atoms with Crippen LogP contribution in [0.25, 0.3) is 0 Å². The molecule has 1 aliphatic heterocycles. The number of nitrogens with one attached hydrogen (secondary N) is 1. The Bertz CT molecular complexity index is 1110. The summed E-state index contributed by atoms with van der Waals surface area (Å²) in [5.74, 6) is -0.291. The maximum Gasteiger partial charge on any atom is 0.272 e. The number of carbonyl (C=O) groups excluding carboxylic acids is 2. The van der Waals surface area contributed by atoms with E-state index in [2.05, 4.69) is 22.5 Å². The van der Waals surface area contributed by atoms with Gasteiger partial charge in [0.25, 0.3) is 11.8 Å². The van der Waals surface area contributed by atoms with Gasteiger partial charge in [-0.25, -0.2) is 0 Å². The Balaban J connectivity index is 1.34. The molecule has 31 heavy (non-hydrogen) atoms. The summed E-state index contributed by atoms with van der Waals surface area (Å²) < 4.78 is 1.69. The lowest BCUT2D eigenvalue weighted by atomic mass is 9.87. The number of fused-ring (bicyclic) bond motifs is 2. The van der Waals surface area contributed by atoms with E-state index in [1.807, 2.05) is 47.4 Å². The van der Waals surface area contributed by atoms with E-state index in [0.29, 0.717) is 31.0 Å². The van der Waals surface area contributed by atoms with E-state index in [4.69, 9.17) is 0 Å². The highest BCUT2D eigenvalue weighted by Gasteiger charge is 2.28. The minimum atomic E-state index is -0.218. The van der Waals surface area contributed by atoms with Gasteiger partial charge in [0, 0.05) is 25.7 Å². The molecule has 2 aromatic carbocycles. The molecule has 0 bridgehead atoms. The monoisotopic (exact) mass is 414 g/mol. The first-order valence-corrected chi connectivity index (χ1v) is 11.0. The van der Waals surface area contributed by atoms with Crippen molar-refractivity contribution >= 4 is 11.8 Å². The Morgan fingerprint density at radius 1 is 1.03 bits per heavy atom. The second-order valence-electron chi connectivity index (χ2n) is 8.32. The van der Waals surface area contributed by atoms with Gasteiger partial charge in [0.05, 0.1) is 6.04 Å². The molecule has 0 saturated heterocycles.